The Kier molecular flexibility index (Phi) is 10.5. The molecule has 0 spiro atoms. The summed E-state index contributed by atoms with van der Waals surface area (Å²) in [6, 6.07) is 2.45. The molecule has 0 aliphatic carbocycles. The lowest BCUT2D eigenvalue weighted by Crippen LogP contribution is -2.42. The monoisotopic (exact) mass is 343 g/mol. The van der Waals surface area contributed by atoms with Crippen molar-refractivity contribution in [1.82, 2.24) is 10.2 Å². The van der Waals surface area contributed by atoms with Gasteiger partial charge in [0.25, 0.3) is 0 Å². The van der Waals surface area contributed by atoms with Crippen LogP contribution in [0.15, 0.2) is 18.2 Å². The molecule has 1 unspecified atom stereocenters. The second-order valence-electron chi connectivity index (χ2n) is 4.65. The first-order valence-electron chi connectivity index (χ1n) is 5.98. The number of hydrogen-bond donors (Lipinski definition) is 2. The van der Waals surface area contributed by atoms with E-state index in [0.717, 1.165) is 0 Å². The molecule has 8 heteroatoms. The van der Waals surface area contributed by atoms with Crippen LogP contribution in [0.5, 0.6) is 0 Å². The van der Waals surface area contributed by atoms with E-state index in [1.807, 2.05) is 0 Å². The zero-order valence-electron chi connectivity index (χ0n) is 12.1. The molecule has 0 radical (unpaired) electrons. The van der Waals surface area contributed by atoms with Gasteiger partial charge in [-0.3, -0.25) is 4.79 Å². The molecule has 0 aliphatic heterocycles. The van der Waals surface area contributed by atoms with E-state index in [1.54, 1.807) is 25.9 Å². The molecule has 1 rings (SSSR count). The van der Waals surface area contributed by atoms with E-state index in [2.05, 4.69) is 5.32 Å². The van der Waals surface area contributed by atoms with Crippen LogP contribution in [0.1, 0.15) is 18.5 Å². The molecule has 21 heavy (non-hydrogen) atoms. The molecule has 122 valence electrons. The molecule has 0 bridgehead atoms. The minimum absolute atomic E-state index is 0. The molecule has 1 aromatic carbocycles. The Hall–Kier alpha value is -0.950. The van der Waals surface area contributed by atoms with Crippen molar-refractivity contribution < 1.29 is 13.6 Å². The Balaban J connectivity index is 0. The summed E-state index contributed by atoms with van der Waals surface area (Å²) in [6.45, 7) is 1.63. The highest BCUT2D eigenvalue weighted by Gasteiger charge is 2.23. The number of likely N-dealkylation sites (N-methyl/N-ethyl adjacent to an activating group) is 1. The normalized spacial score (nSPS) is 12.9. The molecule has 4 nitrogen and oxygen atoms in total. The van der Waals surface area contributed by atoms with Crippen molar-refractivity contribution in [2.75, 3.05) is 20.6 Å². The van der Waals surface area contributed by atoms with E-state index in [9.17, 15) is 13.6 Å². The number of nitrogens with zero attached hydrogens (tertiary/aromatic N) is 1. The van der Waals surface area contributed by atoms with Crippen molar-refractivity contribution in [3.05, 3.63) is 35.4 Å². The molecule has 0 aromatic heterocycles. The van der Waals surface area contributed by atoms with Crippen molar-refractivity contribution in [3.8, 4) is 0 Å². The molecule has 1 aromatic rings. The van der Waals surface area contributed by atoms with Crippen molar-refractivity contribution in [3.63, 3.8) is 0 Å². The minimum atomic E-state index is -0.659. The molecule has 1 amide bonds. The van der Waals surface area contributed by atoms with Gasteiger partial charge in [-0.05, 0) is 33.2 Å². The van der Waals surface area contributed by atoms with Gasteiger partial charge in [-0.25, -0.2) is 8.78 Å². The van der Waals surface area contributed by atoms with Crippen LogP contribution in [0.25, 0.3) is 0 Å². The Morgan fingerprint density at radius 1 is 1.29 bits per heavy atom. The zero-order chi connectivity index (χ0) is 14.6. The van der Waals surface area contributed by atoms with E-state index in [0.29, 0.717) is 0 Å². The van der Waals surface area contributed by atoms with Gasteiger partial charge in [-0.15, -0.1) is 24.8 Å². The third-order valence-corrected chi connectivity index (χ3v) is 2.84. The highest BCUT2D eigenvalue weighted by Crippen LogP contribution is 2.23. The van der Waals surface area contributed by atoms with Gasteiger partial charge in [-0.2, -0.15) is 0 Å². The Bertz CT molecular complexity index is 439. The topological polar surface area (TPSA) is 58.4 Å². The highest BCUT2D eigenvalue weighted by atomic mass is 35.5. The van der Waals surface area contributed by atoms with Crippen molar-refractivity contribution >= 4 is 30.7 Å². The number of halogens is 4. The number of amides is 1. The lowest BCUT2D eigenvalue weighted by Gasteiger charge is -2.26. The number of carbonyl (C=O) groups excluding carboxylic acids is 1. The van der Waals surface area contributed by atoms with Gasteiger partial charge in [0, 0.05) is 12.1 Å². The van der Waals surface area contributed by atoms with Crippen LogP contribution in [-0.4, -0.2) is 37.5 Å². The van der Waals surface area contributed by atoms with Crippen molar-refractivity contribution in [2.45, 2.75) is 19.0 Å². The summed E-state index contributed by atoms with van der Waals surface area (Å²) in [5.41, 5.74) is 5.37. The lowest BCUT2D eigenvalue weighted by atomic mass is 10.0. The van der Waals surface area contributed by atoms with E-state index in [1.165, 1.54) is 18.2 Å². The third kappa shape index (κ3) is 6.13. The number of nitrogens with two attached hydrogens (primary N) is 1. The number of hydrogen-bond acceptors (Lipinski definition) is 3. The maximum absolute atomic E-state index is 13.7. The maximum Gasteiger partial charge on any atom is 0.236 e. The van der Waals surface area contributed by atoms with Gasteiger partial charge < -0.3 is 16.0 Å². The van der Waals surface area contributed by atoms with Crippen LogP contribution >= 0.6 is 24.8 Å². The molecule has 0 fully saturated rings. The average Bonchev–Trinajstić information content (AvgIpc) is 2.31. The van der Waals surface area contributed by atoms with E-state index >= 15 is 0 Å². The predicted octanol–water partition coefficient (Wildman–Crippen LogP) is 1.87. The van der Waals surface area contributed by atoms with Gasteiger partial charge in [0.15, 0.2) is 0 Å². The highest BCUT2D eigenvalue weighted by molar-refractivity contribution is 5.85. The van der Waals surface area contributed by atoms with Crippen molar-refractivity contribution in [2.24, 2.45) is 5.73 Å². The SMILES string of the molecule is C[C@@H](N)C(=O)NCC(c1c(F)cccc1F)N(C)C.Cl.Cl. The quantitative estimate of drug-likeness (QED) is 0.858. The summed E-state index contributed by atoms with van der Waals surface area (Å²) in [7, 11) is 3.38. The smallest absolute Gasteiger partial charge is 0.236 e. The molecule has 0 saturated heterocycles. The molecule has 0 saturated carbocycles. The van der Waals surface area contributed by atoms with E-state index < -0.39 is 23.7 Å². The maximum atomic E-state index is 13.7. The average molecular weight is 344 g/mol. The largest absolute Gasteiger partial charge is 0.353 e. The summed E-state index contributed by atoms with van der Waals surface area (Å²) in [5, 5.41) is 2.58. The number of carbonyl (C=O) groups is 1. The molecule has 0 heterocycles. The Morgan fingerprint density at radius 3 is 2.14 bits per heavy atom. The number of rotatable bonds is 5. The van der Waals surface area contributed by atoms with Crippen LogP contribution in [0.4, 0.5) is 8.78 Å². The van der Waals surface area contributed by atoms with Crippen LogP contribution in [0, 0.1) is 11.6 Å². The second kappa shape index (κ2) is 9.89. The number of nitrogens with one attached hydrogen (secondary N) is 1. The summed E-state index contributed by atoms with van der Waals surface area (Å²) in [4.78, 5) is 13.1. The van der Waals surface area contributed by atoms with Crippen LogP contribution < -0.4 is 11.1 Å². The summed E-state index contributed by atoms with van der Waals surface area (Å²) in [5.74, 6) is -1.62. The van der Waals surface area contributed by atoms with Crippen molar-refractivity contribution in [1.29, 1.82) is 0 Å². The summed E-state index contributed by atoms with van der Waals surface area (Å²) < 4.78 is 27.5. The Morgan fingerprint density at radius 2 is 1.76 bits per heavy atom. The molecule has 2 atom stereocenters. The lowest BCUT2D eigenvalue weighted by molar-refractivity contribution is -0.122. The molecular weight excluding hydrogens is 323 g/mol. The van der Waals surface area contributed by atoms with Gasteiger partial charge >= 0.3 is 0 Å². The zero-order valence-corrected chi connectivity index (χ0v) is 13.7. The van der Waals surface area contributed by atoms with E-state index in [-0.39, 0.29) is 42.8 Å². The van der Waals surface area contributed by atoms with E-state index in [4.69, 9.17) is 5.73 Å². The number of benzene rings is 1. The Labute approximate surface area is 135 Å². The summed E-state index contributed by atoms with van der Waals surface area (Å²) in [6.07, 6.45) is 0. The minimum Gasteiger partial charge on any atom is -0.353 e. The standard InChI is InChI=1S/C13H19F2N3O.2ClH/c1-8(16)13(19)17-7-11(18(2)3)12-9(14)5-4-6-10(12)15;;/h4-6,8,11H,7,16H2,1-3H3,(H,17,19);2*1H/t8-,11?;;/m1../s1. The van der Waals surface area contributed by atoms with Crippen LogP contribution in [0.2, 0.25) is 0 Å². The molecule has 0 aliphatic rings. The summed E-state index contributed by atoms with van der Waals surface area (Å²) >= 11 is 0. The predicted molar refractivity (Wildman–Crippen MR) is 83.9 cm³/mol. The first kappa shape index (κ1) is 22.3. The fraction of sp³-hybridized carbons (Fsp3) is 0.462. The third-order valence-electron chi connectivity index (χ3n) is 2.84. The molecular formula is C13H21Cl2F2N3O. The van der Waals surface area contributed by atoms with Crippen LogP contribution in [-0.2, 0) is 4.79 Å². The first-order valence-corrected chi connectivity index (χ1v) is 5.98. The fourth-order valence-corrected chi connectivity index (χ4v) is 1.73. The van der Waals surface area contributed by atoms with Gasteiger partial charge in [0.2, 0.25) is 5.91 Å². The first-order chi connectivity index (χ1) is 8.84. The van der Waals surface area contributed by atoms with Gasteiger partial charge in [-0.1, -0.05) is 6.07 Å². The van der Waals surface area contributed by atoms with Gasteiger partial charge in [0.1, 0.15) is 11.6 Å². The molecule has 3 N–H and O–H groups in total. The second-order valence-corrected chi connectivity index (χ2v) is 4.65. The van der Waals surface area contributed by atoms with Gasteiger partial charge in [0.05, 0.1) is 12.1 Å². The van der Waals surface area contributed by atoms with Crippen LogP contribution in [0.3, 0.4) is 0 Å². The fourth-order valence-electron chi connectivity index (χ4n) is 1.73.